The molecule has 0 atom stereocenters. The van der Waals surface area contributed by atoms with Gasteiger partial charge in [-0.15, -0.1) is 0 Å². The van der Waals surface area contributed by atoms with E-state index >= 15 is 0 Å². The highest BCUT2D eigenvalue weighted by molar-refractivity contribution is 5.78. The molecule has 13 heavy (non-hydrogen) atoms. The van der Waals surface area contributed by atoms with E-state index in [1.165, 1.54) is 0 Å². The molecule has 1 aromatic rings. The highest BCUT2D eigenvalue weighted by Crippen LogP contribution is 2.29. The van der Waals surface area contributed by atoms with Gasteiger partial charge >= 0.3 is 0 Å². The van der Waals surface area contributed by atoms with E-state index < -0.39 is 4.92 Å². The van der Waals surface area contributed by atoms with E-state index in [1.54, 1.807) is 0 Å². The number of benzene rings is 1. The number of para-hydroxylation sites is 2. The molecule has 0 amide bonds. The minimum Gasteiger partial charge on any atom is -0.335 e. The van der Waals surface area contributed by atoms with Crippen LogP contribution in [0.2, 0.25) is 0 Å². The molecule has 0 fully saturated rings. The van der Waals surface area contributed by atoms with Crippen LogP contribution in [0.4, 0.5) is 11.4 Å². The van der Waals surface area contributed by atoms with Crippen molar-refractivity contribution in [3.63, 3.8) is 0 Å². The summed E-state index contributed by atoms with van der Waals surface area (Å²) < 4.78 is 0. The lowest BCUT2D eigenvalue weighted by Crippen LogP contribution is -2.02. The molecule has 0 unspecified atom stereocenters. The van der Waals surface area contributed by atoms with Crippen molar-refractivity contribution >= 4 is 11.4 Å². The Morgan fingerprint density at radius 3 is 2.23 bits per heavy atom. The second-order valence-corrected chi connectivity index (χ2v) is 2.62. The Labute approximate surface area is 74.2 Å². The Morgan fingerprint density at radius 2 is 1.77 bits per heavy atom. The van der Waals surface area contributed by atoms with E-state index in [1.807, 2.05) is 24.3 Å². The van der Waals surface area contributed by atoms with E-state index in [4.69, 9.17) is 0 Å². The molecule has 0 spiro atoms. The monoisotopic (exact) mass is 177 g/mol. The predicted molar refractivity (Wildman–Crippen MR) is 48.8 cm³/mol. The molecule has 0 radical (unpaired) electrons. The molecule has 0 saturated carbocycles. The summed E-state index contributed by atoms with van der Waals surface area (Å²) in [4.78, 5) is 9.66. The lowest BCUT2D eigenvalue weighted by atomic mass is 10.3. The summed E-state index contributed by atoms with van der Waals surface area (Å²) in [7, 11) is 0. The van der Waals surface area contributed by atoms with Gasteiger partial charge in [0, 0.05) is 0 Å². The fourth-order valence-corrected chi connectivity index (χ4v) is 1.19. The molecule has 0 saturated heterocycles. The molecule has 1 heterocycles. The second-order valence-electron chi connectivity index (χ2n) is 2.62. The van der Waals surface area contributed by atoms with Crippen LogP contribution in [-0.2, 0) is 0 Å². The molecule has 66 valence electrons. The zero-order valence-electron chi connectivity index (χ0n) is 6.65. The molecule has 5 heteroatoms. The summed E-state index contributed by atoms with van der Waals surface area (Å²) in [5.74, 6) is 0.395. The maximum Gasteiger partial charge on any atom is 0.274 e. The largest absolute Gasteiger partial charge is 0.335 e. The van der Waals surface area contributed by atoms with Gasteiger partial charge in [-0.25, -0.2) is 0 Å². The first kappa shape index (κ1) is 7.60. The average molecular weight is 177 g/mol. The van der Waals surface area contributed by atoms with E-state index in [2.05, 4.69) is 10.6 Å². The molecule has 0 aromatic heterocycles. The zero-order chi connectivity index (χ0) is 9.26. The molecular formula is C8H7N3O2. The summed E-state index contributed by atoms with van der Waals surface area (Å²) in [5.41, 5.74) is 1.71. The second kappa shape index (κ2) is 2.78. The number of anilines is 2. The summed E-state index contributed by atoms with van der Waals surface area (Å²) in [6.07, 6.45) is 0.903. The van der Waals surface area contributed by atoms with Crippen LogP contribution in [0.25, 0.3) is 0 Å². The maximum absolute atomic E-state index is 10.2. The van der Waals surface area contributed by atoms with Crippen LogP contribution in [0.1, 0.15) is 0 Å². The van der Waals surface area contributed by atoms with Crippen LogP contribution in [0, 0.1) is 10.1 Å². The first-order valence-corrected chi connectivity index (χ1v) is 3.74. The zero-order valence-corrected chi connectivity index (χ0v) is 6.65. The molecular weight excluding hydrogens is 170 g/mol. The molecule has 1 aliphatic rings. The van der Waals surface area contributed by atoms with Gasteiger partial charge in [0.1, 0.15) is 0 Å². The van der Waals surface area contributed by atoms with E-state index in [0.717, 1.165) is 17.6 Å². The SMILES string of the molecule is O=[N+]([O-])C=C1Nc2ccccc2N1. The quantitative estimate of drug-likeness (QED) is 0.505. The van der Waals surface area contributed by atoms with Gasteiger partial charge in [0.15, 0.2) is 5.82 Å². The molecule has 1 aliphatic heterocycles. The number of nitro groups is 1. The first-order chi connectivity index (χ1) is 6.25. The minimum atomic E-state index is -0.499. The van der Waals surface area contributed by atoms with Gasteiger partial charge in [0.05, 0.1) is 16.3 Å². The highest BCUT2D eigenvalue weighted by Gasteiger charge is 2.14. The topological polar surface area (TPSA) is 67.2 Å². The lowest BCUT2D eigenvalue weighted by molar-refractivity contribution is -0.403. The fraction of sp³-hybridized carbons (Fsp3) is 0. The minimum absolute atomic E-state index is 0.395. The lowest BCUT2D eigenvalue weighted by Gasteiger charge is -1.92. The van der Waals surface area contributed by atoms with Gasteiger partial charge in [-0.3, -0.25) is 10.1 Å². The van der Waals surface area contributed by atoms with Gasteiger partial charge in [0.25, 0.3) is 6.20 Å². The molecule has 1 aromatic carbocycles. The number of hydrogen-bond donors (Lipinski definition) is 2. The van der Waals surface area contributed by atoms with Crippen molar-refractivity contribution in [2.45, 2.75) is 0 Å². The smallest absolute Gasteiger partial charge is 0.274 e. The van der Waals surface area contributed by atoms with E-state index in [0.29, 0.717) is 5.82 Å². The third-order valence-corrected chi connectivity index (χ3v) is 1.70. The maximum atomic E-state index is 10.2. The molecule has 5 nitrogen and oxygen atoms in total. The van der Waals surface area contributed by atoms with Gasteiger partial charge < -0.3 is 10.6 Å². The normalized spacial score (nSPS) is 12.8. The Balaban J connectivity index is 2.28. The number of rotatable bonds is 1. The van der Waals surface area contributed by atoms with Crippen molar-refractivity contribution in [2.75, 3.05) is 10.6 Å². The van der Waals surface area contributed by atoms with Crippen LogP contribution in [-0.4, -0.2) is 4.92 Å². The Hall–Kier alpha value is -2.04. The van der Waals surface area contributed by atoms with Gasteiger partial charge in [-0.2, -0.15) is 0 Å². The van der Waals surface area contributed by atoms with Crippen molar-refractivity contribution in [2.24, 2.45) is 0 Å². The standard InChI is InChI=1S/C8H7N3O2/c12-11(13)5-8-9-6-3-1-2-4-7(6)10-8/h1-5,9-10H. The fourth-order valence-electron chi connectivity index (χ4n) is 1.19. The first-order valence-electron chi connectivity index (χ1n) is 3.74. The van der Waals surface area contributed by atoms with Crippen molar-refractivity contribution in [3.8, 4) is 0 Å². The van der Waals surface area contributed by atoms with Gasteiger partial charge in [0.2, 0.25) is 0 Å². The highest BCUT2D eigenvalue weighted by atomic mass is 16.6. The van der Waals surface area contributed by atoms with Crippen molar-refractivity contribution in [1.29, 1.82) is 0 Å². The Kier molecular flexibility index (Phi) is 1.63. The molecule has 0 aliphatic carbocycles. The van der Waals surface area contributed by atoms with Crippen LogP contribution < -0.4 is 10.6 Å². The summed E-state index contributed by atoms with van der Waals surface area (Å²) in [5, 5.41) is 15.9. The molecule has 2 N–H and O–H groups in total. The predicted octanol–water partition coefficient (Wildman–Crippen LogP) is 1.60. The third kappa shape index (κ3) is 1.44. The van der Waals surface area contributed by atoms with Gasteiger partial charge in [-0.1, -0.05) is 12.1 Å². The molecule has 2 rings (SSSR count). The van der Waals surface area contributed by atoms with Crippen molar-refractivity contribution in [1.82, 2.24) is 0 Å². The summed E-state index contributed by atoms with van der Waals surface area (Å²) >= 11 is 0. The average Bonchev–Trinajstić information content (AvgIpc) is 2.44. The Morgan fingerprint density at radius 1 is 1.23 bits per heavy atom. The number of nitrogens with zero attached hydrogens (tertiary/aromatic N) is 1. The van der Waals surface area contributed by atoms with Gasteiger partial charge in [-0.05, 0) is 12.1 Å². The summed E-state index contributed by atoms with van der Waals surface area (Å²) in [6.45, 7) is 0. The van der Waals surface area contributed by atoms with Crippen LogP contribution in [0.5, 0.6) is 0 Å². The number of nitrogens with one attached hydrogen (secondary N) is 2. The number of hydrogen-bond acceptors (Lipinski definition) is 4. The van der Waals surface area contributed by atoms with E-state index in [-0.39, 0.29) is 0 Å². The summed E-state index contributed by atoms with van der Waals surface area (Å²) in [6, 6.07) is 7.43. The van der Waals surface area contributed by atoms with Crippen molar-refractivity contribution in [3.05, 3.63) is 46.4 Å². The van der Waals surface area contributed by atoms with Crippen molar-refractivity contribution < 1.29 is 4.92 Å². The third-order valence-electron chi connectivity index (χ3n) is 1.70. The number of fused-ring (bicyclic) bond motifs is 1. The Bertz CT molecular complexity index is 360. The van der Waals surface area contributed by atoms with Crippen LogP contribution >= 0.6 is 0 Å². The van der Waals surface area contributed by atoms with Crippen LogP contribution in [0.3, 0.4) is 0 Å². The van der Waals surface area contributed by atoms with Crippen LogP contribution in [0.15, 0.2) is 36.3 Å². The van der Waals surface area contributed by atoms with E-state index in [9.17, 15) is 10.1 Å². The molecule has 0 bridgehead atoms.